The van der Waals surface area contributed by atoms with Crippen LogP contribution in [0.2, 0.25) is 0 Å². The maximum atomic E-state index is 14.9. The first-order chi connectivity index (χ1) is 15.2. The number of anilines is 2. The van der Waals surface area contributed by atoms with Gasteiger partial charge in [-0.05, 0) is 49.7 Å². The number of halogens is 1. The van der Waals surface area contributed by atoms with Crippen molar-refractivity contribution in [2.24, 2.45) is 5.14 Å². The predicted molar refractivity (Wildman–Crippen MR) is 116 cm³/mol. The maximum absolute atomic E-state index is 14.9. The first kappa shape index (κ1) is 21.2. The molecule has 2 aromatic heterocycles. The van der Waals surface area contributed by atoms with Crippen LogP contribution in [-0.2, 0) is 10.0 Å². The Kier molecular flexibility index (Phi) is 5.25. The molecule has 0 amide bonds. The molecule has 2 aromatic carbocycles. The summed E-state index contributed by atoms with van der Waals surface area (Å²) in [5, 5.41) is 18.1. The number of primary sulfonamides is 1. The molecule has 4 N–H and O–H groups in total. The van der Waals surface area contributed by atoms with Crippen molar-refractivity contribution in [3.05, 3.63) is 65.4 Å². The Morgan fingerprint density at radius 1 is 1.19 bits per heavy atom. The smallest absolute Gasteiger partial charge is 0.242 e. The summed E-state index contributed by atoms with van der Waals surface area (Å²) in [5.74, 6) is -0.806. The average Bonchev–Trinajstić information content (AvgIpc) is 3.12. The highest BCUT2D eigenvalue weighted by Gasteiger charge is 2.18. The van der Waals surface area contributed by atoms with E-state index in [1.807, 2.05) is 13.0 Å². The third-order valence-electron chi connectivity index (χ3n) is 4.73. The van der Waals surface area contributed by atoms with Crippen LogP contribution in [0.3, 0.4) is 0 Å². The molecule has 162 valence electrons. The zero-order valence-electron chi connectivity index (χ0n) is 17.0. The Hall–Kier alpha value is -4.01. The molecule has 32 heavy (non-hydrogen) atoms. The first-order valence-corrected chi connectivity index (χ1v) is 10.8. The molecule has 4 rings (SSSR count). The van der Waals surface area contributed by atoms with E-state index in [4.69, 9.17) is 9.88 Å². The van der Waals surface area contributed by atoms with E-state index in [1.165, 1.54) is 12.1 Å². The summed E-state index contributed by atoms with van der Waals surface area (Å²) in [6.45, 7) is 3.42. The van der Waals surface area contributed by atoms with Crippen LogP contribution in [0.4, 0.5) is 15.9 Å². The number of nitrogens with zero attached hydrogens (tertiary/aromatic N) is 3. The number of rotatable bonds is 5. The largest absolute Gasteiger partial charge is 0.434 e. The number of aromatic amines is 1. The zero-order chi connectivity index (χ0) is 23.0. The fraction of sp³-hybridized carbons (Fsp3) is 0.0952. The van der Waals surface area contributed by atoms with Gasteiger partial charge in [-0.3, -0.25) is 0 Å². The summed E-state index contributed by atoms with van der Waals surface area (Å²) in [5.41, 5.74) is 2.12. The zero-order valence-corrected chi connectivity index (χ0v) is 17.8. The van der Waals surface area contributed by atoms with Gasteiger partial charge in [0.2, 0.25) is 15.9 Å². The monoisotopic (exact) mass is 452 g/mol. The van der Waals surface area contributed by atoms with Crippen LogP contribution in [0.5, 0.6) is 11.6 Å². The molecule has 0 fully saturated rings. The standard InChI is InChI=1S/C21H17FN6O3S/c1-11-3-4-13(8-18(11)32(24,29)30)28-20-15(9-23)21(26-10-25-20)31-17-6-5-16-14(19(17)22)7-12(2)27-16/h3-8,10,27H,1-2H3,(H2,24,29,30)(H,25,26,28). The van der Waals surface area contributed by atoms with Gasteiger partial charge >= 0.3 is 0 Å². The molecule has 0 aliphatic heterocycles. The predicted octanol–water partition coefficient (Wildman–Crippen LogP) is 3.77. The number of hydrogen-bond acceptors (Lipinski definition) is 7. The minimum atomic E-state index is -3.94. The molecular weight excluding hydrogens is 435 g/mol. The van der Waals surface area contributed by atoms with E-state index in [0.29, 0.717) is 22.2 Å². The molecule has 0 bridgehead atoms. The van der Waals surface area contributed by atoms with Gasteiger partial charge in [-0.15, -0.1) is 0 Å². The van der Waals surface area contributed by atoms with E-state index in [1.54, 1.807) is 31.2 Å². The lowest BCUT2D eigenvalue weighted by Crippen LogP contribution is -2.14. The van der Waals surface area contributed by atoms with Gasteiger partial charge in [0.15, 0.2) is 22.9 Å². The number of hydrogen-bond donors (Lipinski definition) is 3. The van der Waals surface area contributed by atoms with Crippen LogP contribution < -0.4 is 15.2 Å². The third kappa shape index (κ3) is 3.96. The van der Waals surface area contributed by atoms with Gasteiger partial charge in [0.05, 0.1) is 4.90 Å². The molecule has 0 unspecified atom stereocenters. The third-order valence-corrected chi connectivity index (χ3v) is 5.78. The molecule has 4 aromatic rings. The minimum Gasteiger partial charge on any atom is -0.434 e. The van der Waals surface area contributed by atoms with Crippen molar-refractivity contribution in [1.82, 2.24) is 15.0 Å². The molecule has 0 saturated heterocycles. The molecule has 2 heterocycles. The normalized spacial score (nSPS) is 11.3. The van der Waals surface area contributed by atoms with E-state index < -0.39 is 15.8 Å². The van der Waals surface area contributed by atoms with Crippen molar-refractivity contribution < 1.29 is 17.5 Å². The van der Waals surface area contributed by atoms with Gasteiger partial charge in [-0.2, -0.15) is 5.26 Å². The number of ether oxygens (including phenoxy) is 1. The molecule has 9 nitrogen and oxygen atoms in total. The minimum absolute atomic E-state index is 0.0562. The van der Waals surface area contributed by atoms with Gasteiger partial charge in [0, 0.05) is 22.3 Å². The number of sulfonamides is 1. The lowest BCUT2D eigenvalue weighted by molar-refractivity contribution is 0.428. The molecule has 0 spiro atoms. The average molecular weight is 452 g/mol. The lowest BCUT2D eigenvalue weighted by Gasteiger charge is -2.12. The number of aryl methyl sites for hydroxylation is 2. The molecule has 0 aliphatic rings. The SMILES string of the molecule is Cc1cc2c(F)c(Oc3ncnc(Nc4ccc(C)c(S(N)(=O)=O)c4)c3C#N)ccc2[nH]1. The Bertz CT molecular complexity index is 1510. The van der Waals surface area contributed by atoms with Crippen molar-refractivity contribution in [2.75, 3.05) is 5.32 Å². The molecule has 11 heteroatoms. The highest BCUT2D eigenvalue weighted by atomic mass is 32.2. The van der Waals surface area contributed by atoms with Crippen LogP contribution in [0.15, 0.2) is 47.6 Å². The maximum Gasteiger partial charge on any atom is 0.242 e. The van der Waals surface area contributed by atoms with Crippen molar-refractivity contribution in [1.29, 1.82) is 5.26 Å². The number of fused-ring (bicyclic) bond motifs is 1. The van der Waals surface area contributed by atoms with Crippen LogP contribution in [0.25, 0.3) is 10.9 Å². The summed E-state index contributed by atoms with van der Waals surface area (Å²) in [7, 11) is -3.94. The Morgan fingerprint density at radius 2 is 1.97 bits per heavy atom. The van der Waals surface area contributed by atoms with E-state index in [2.05, 4.69) is 20.3 Å². The first-order valence-electron chi connectivity index (χ1n) is 9.28. The second-order valence-electron chi connectivity index (χ2n) is 7.06. The fourth-order valence-corrected chi connectivity index (χ4v) is 4.04. The fourth-order valence-electron chi connectivity index (χ4n) is 3.23. The van der Waals surface area contributed by atoms with Crippen molar-refractivity contribution >= 4 is 32.4 Å². The van der Waals surface area contributed by atoms with Gasteiger partial charge in [0.25, 0.3) is 0 Å². The molecule has 0 saturated carbocycles. The topological polar surface area (TPSA) is 147 Å². The molecule has 0 aliphatic carbocycles. The summed E-state index contributed by atoms with van der Waals surface area (Å²) in [6.07, 6.45) is 1.14. The van der Waals surface area contributed by atoms with Crippen LogP contribution in [0.1, 0.15) is 16.8 Å². The van der Waals surface area contributed by atoms with Crippen molar-refractivity contribution in [3.8, 4) is 17.7 Å². The highest BCUT2D eigenvalue weighted by Crippen LogP contribution is 2.33. The van der Waals surface area contributed by atoms with Crippen LogP contribution in [0, 0.1) is 31.0 Å². The van der Waals surface area contributed by atoms with E-state index >= 15 is 0 Å². The van der Waals surface area contributed by atoms with Gasteiger partial charge in [0.1, 0.15) is 12.4 Å². The van der Waals surface area contributed by atoms with Crippen LogP contribution in [-0.4, -0.2) is 23.4 Å². The molecule has 0 radical (unpaired) electrons. The summed E-state index contributed by atoms with van der Waals surface area (Å²) >= 11 is 0. The lowest BCUT2D eigenvalue weighted by atomic mass is 10.2. The Morgan fingerprint density at radius 3 is 2.69 bits per heavy atom. The van der Waals surface area contributed by atoms with Crippen molar-refractivity contribution in [3.63, 3.8) is 0 Å². The number of nitrogens with one attached hydrogen (secondary N) is 2. The number of benzene rings is 2. The quantitative estimate of drug-likeness (QED) is 0.417. The summed E-state index contributed by atoms with van der Waals surface area (Å²) in [4.78, 5) is 11.0. The Balaban J connectivity index is 1.71. The highest BCUT2D eigenvalue weighted by molar-refractivity contribution is 7.89. The number of aromatic nitrogens is 3. The Labute approximate surface area is 182 Å². The summed E-state index contributed by atoms with van der Waals surface area (Å²) < 4.78 is 44.1. The van der Waals surface area contributed by atoms with E-state index in [-0.39, 0.29) is 27.9 Å². The molecular formula is C21H17FN6O3S. The molecule has 0 atom stereocenters. The van der Waals surface area contributed by atoms with Crippen LogP contribution >= 0.6 is 0 Å². The van der Waals surface area contributed by atoms with Crippen molar-refractivity contribution in [2.45, 2.75) is 18.7 Å². The van der Waals surface area contributed by atoms with E-state index in [0.717, 1.165) is 12.0 Å². The number of nitrogens with two attached hydrogens (primary N) is 1. The number of H-pyrrole nitrogens is 1. The summed E-state index contributed by atoms with van der Waals surface area (Å²) in [6, 6.07) is 11.2. The second kappa shape index (κ2) is 7.92. The second-order valence-corrected chi connectivity index (χ2v) is 8.59. The van der Waals surface area contributed by atoms with Gasteiger partial charge in [-0.1, -0.05) is 6.07 Å². The van der Waals surface area contributed by atoms with E-state index in [9.17, 15) is 18.1 Å². The van der Waals surface area contributed by atoms with Gasteiger partial charge in [-0.25, -0.2) is 27.9 Å². The number of nitriles is 1. The van der Waals surface area contributed by atoms with Gasteiger partial charge < -0.3 is 15.0 Å².